The number of nitrogens with zero attached hydrogens (tertiary/aromatic N) is 3. The van der Waals surface area contributed by atoms with E-state index in [0.717, 1.165) is 4.88 Å². The van der Waals surface area contributed by atoms with Crippen molar-refractivity contribution in [3.8, 4) is 10.6 Å². The van der Waals surface area contributed by atoms with E-state index in [9.17, 15) is 9.59 Å². The molecule has 3 aromatic heterocycles. The Morgan fingerprint density at radius 3 is 2.81 bits per heavy atom. The van der Waals surface area contributed by atoms with Gasteiger partial charge in [0.25, 0.3) is 5.56 Å². The summed E-state index contributed by atoms with van der Waals surface area (Å²) >= 11 is 7.36. The fraction of sp³-hybridized carbons (Fsp3) is 0.0588. The number of anilines is 1. The van der Waals surface area contributed by atoms with Crippen molar-refractivity contribution >= 4 is 40.0 Å². The number of amides is 1. The Bertz CT molecular complexity index is 1130. The third-order valence-corrected chi connectivity index (χ3v) is 4.84. The van der Waals surface area contributed by atoms with Gasteiger partial charge in [0.2, 0.25) is 5.91 Å². The van der Waals surface area contributed by atoms with Crippen molar-refractivity contribution in [1.29, 1.82) is 0 Å². The predicted octanol–water partition coefficient (Wildman–Crippen LogP) is 2.98. The lowest BCUT2D eigenvalue weighted by Crippen LogP contribution is -2.22. The SMILES string of the molecule is O=C(Cc1n[nH]c(=O)c2cc(-c3cccs3)nn12)Nc1ccc(Cl)cc1. The molecule has 4 aromatic rings. The molecule has 2 N–H and O–H groups in total. The van der Waals surface area contributed by atoms with Gasteiger partial charge in [-0.05, 0) is 41.8 Å². The maximum absolute atomic E-state index is 12.3. The topological polar surface area (TPSA) is 92.2 Å². The zero-order valence-electron chi connectivity index (χ0n) is 13.3. The summed E-state index contributed by atoms with van der Waals surface area (Å²) in [7, 11) is 0. The Balaban J connectivity index is 1.63. The van der Waals surface area contributed by atoms with E-state index in [4.69, 9.17) is 11.6 Å². The van der Waals surface area contributed by atoms with E-state index in [1.807, 2.05) is 17.5 Å². The van der Waals surface area contributed by atoms with Crippen LogP contribution in [0.25, 0.3) is 16.1 Å². The normalized spacial score (nSPS) is 11.0. The quantitative estimate of drug-likeness (QED) is 0.565. The molecule has 9 heteroatoms. The van der Waals surface area contributed by atoms with E-state index in [1.54, 1.807) is 30.3 Å². The van der Waals surface area contributed by atoms with Crippen LogP contribution in [0, 0.1) is 0 Å². The molecule has 4 rings (SSSR count). The van der Waals surface area contributed by atoms with Crippen molar-refractivity contribution in [2.75, 3.05) is 5.32 Å². The summed E-state index contributed by atoms with van der Waals surface area (Å²) in [5.74, 6) is 0.0650. The van der Waals surface area contributed by atoms with Gasteiger partial charge in [-0.1, -0.05) is 17.7 Å². The molecule has 0 spiro atoms. The summed E-state index contributed by atoms with van der Waals surface area (Å²) in [4.78, 5) is 25.3. The number of halogens is 1. The van der Waals surface area contributed by atoms with Crippen molar-refractivity contribution in [3.63, 3.8) is 0 Å². The van der Waals surface area contributed by atoms with E-state index in [1.165, 1.54) is 15.9 Å². The van der Waals surface area contributed by atoms with Crippen LogP contribution < -0.4 is 10.9 Å². The molecule has 0 aliphatic carbocycles. The molecule has 26 heavy (non-hydrogen) atoms. The molecule has 1 aromatic carbocycles. The highest BCUT2D eigenvalue weighted by molar-refractivity contribution is 7.13. The number of hydrogen-bond acceptors (Lipinski definition) is 5. The highest BCUT2D eigenvalue weighted by Gasteiger charge is 2.15. The maximum atomic E-state index is 12.3. The molecule has 0 aliphatic heterocycles. The van der Waals surface area contributed by atoms with Gasteiger partial charge in [0.15, 0.2) is 5.82 Å². The number of hydrogen-bond donors (Lipinski definition) is 2. The first-order valence-electron chi connectivity index (χ1n) is 7.67. The van der Waals surface area contributed by atoms with Crippen LogP contribution in [0.4, 0.5) is 5.69 Å². The van der Waals surface area contributed by atoms with Crippen molar-refractivity contribution in [3.05, 3.63) is 69.0 Å². The van der Waals surface area contributed by atoms with Crippen LogP contribution in [-0.4, -0.2) is 25.7 Å². The summed E-state index contributed by atoms with van der Waals surface area (Å²) < 4.78 is 1.41. The number of rotatable bonds is 4. The average Bonchev–Trinajstić information content (AvgIpc) is 3.29. The summed E-state index contributed by atoms with van der Waals surface area (Å²) in [5, 5.41) is 16.1. The molecule has 0 atom stereocenters. The summed E-state index contributed by atoms with van der Waals surface area (Å²) in [5.41, 5.74) is 1.28. The van der Waals surface area contributed by atoms with Gasteiger partial charge < -0.3 is 5.32 Å². The molecule has 3 heterocycles. The van der Waals surface area contributed by atoms with Gasteiger partial charge in [-0.3, -0.25) is 9.59 Å². The van der Waals surface area contributed by atoms with E-state index >= 15 is 0 Å². The van der Waals surface area contributed by atoms with Gasteiger partial charge in [0, 0.05) is 10.7 Å². The van der Waals surface area contributed by atoms with Gasteiger partial charge in [-0.25, -0.2) is 9.61 Å². The second kappa shape index (κ2) is 6.74. The molecular formula is C17H12ClN5O2S. The van der Waals surface area contributed by atoms with Gasteiger partial charge in [0.05, 0.1) is 11.3 Å². The van der Waals surface area contributed by atoms with Crippen LogP contribution in [0.3, 0.4) is 0 Å². The molecular weight excluding hydrogens is 374 g/mol. The highest BCUT2D eigenvalue weighted by atomic mass is 35.5. The first-order valence-corrected chi connectivity index (χ1v) is 8.92. The minimum absolute atomic E-state index is 0.0402. The Morgan fingerprint density at radius 2 is 2.08 bits per heavy atom. The number of nitrogens with one attached hydrogen (secondary N) is 2. The van der Waals surface area contributed by atoms with E-state index in [-0.39, 0.29) is 17.9 Å². The number of fused-ring (bicyclic) bond motifs is 1. The van der Waals surface area contributed by atoms with Crippen LogP contribution in [0.2, 0.25) is 5.02 Å². The predicted molar refractivity (Wildman–Crippen MR) is 101 cm³/mol. The zero-order valence-corrected chi connectivity index (χ0v) is 14.8. The molecule has 0 radical (unpaired) electrons. The number of benzene rings is 1. The van der Waals surface area contributed by atoms with Crippen LogP contribution in [0.15, 0.2) is 52.6 Å². The van der Waals surface area contributed by atoms with Crippen LogP contribution >= 0.6 is 22.9 Å². The lowest BCUT2D eigenvalue weighted by molar-refractivity contribution is -0.115. The molecule has 0 unspecified atom stereocenters. The van der Waals surface area contributed by atoms with E-state index in [0.29, 0.717) is 27.7 Å². The number of aromatic nitrogens is 4. The highest BCUT2D eigenvalue weighted by Crippen LogP contribution is 2.23. The Kier molecular flexibility index (Phi) is 4.27. The minimum Gasteiger partial charge on any atom is -0.326 e. The Morgan fingerprint density at radius 1 is 1.27 bits per heavy atom. The van der Waals surface area contributed by atoms with Crippen molar-refractivity contribution in [2.24, 2.45) is 0 Å². The number of H-pyrrole nitrogens is 1. The molecule has 130 valence electrons. The molecule has 7 nitrogen and oxygen atoms in total. The summed E-state index contributed by atoms with van der Waals surface area (Å²) in [6.45, 7) is 0. The monoisotopic (exact) mass is 385 g/mol. The smallest absolute Gasteiger partial charge is 0.290 e. The minimum atomic E-state index is -0.359. The summed E-state index contributed by atoms with van der Waals surface area (Å²) in [6.07, 6.45) is -0.0402. The number of thiophene rings is 1. The first-order chi connectivity index (χ1) is 12.6. The molecule has 0 fully saturated rings. The molecule has 0 bridgehead atoms. The lowest BCUT2D eigenvalue weighted by atomic mass is 10.3. The van der Waals surface area contributed by atoms with Gasteiger partial charge in [-0.15, -0.1) is 11.3 Å². The number of carbonyl (C=O) groups excluding carboxylic acids is 1. The average molecular weight is 386 g/mol. The van der Waals surface area contributed by atoms with E-state index in [2.05, 4.69) is 20.6 Å². The second-order valence-corrected chi connectivity index (χ2v) is 6.89. The molecule has 0 saturated carbocycles. The lowest BCUT2D eigenvalue weighted by Gasteiger charge is -2.06. The van der Waals surface area contributed by atoms with Crippen LogP contribution in [-0.2, 0) is 11.2 Å². The van der Waals surface area contributed by atoms with Crippen LogP contribution in [0.1, 0.15) is 5.82 Å². The number of carbonyl (C=O) groups is 1. The zero-order chi connectivity index (χ0) is 18.1. The second-order valence-electron chi connectivity index (χ2n) is 5.50. The van der Waals surface area contributed by atoms with Crippen LogP contribution in [0.5, 0.6) is 0 Å². The van der Waals surface area contributed by atoms with Gasteiger partial charge >= 0.3 is 0 Å². The molecule has 1 amide bonds. The third kappa shape index (κ3) is 3.24. The third-order valence-electron chi connectivity index (χ3n) is 3.69. The van der Waals surface area contributed by atoms with E-state index < -0.39 is 0 Å². The molecule has 0 saturated heterocycles. The standard InChI is InChI=1S/C17H12ClN5O2S/c18-10-3-5-11(6-4-10)19-16(24)9-15-20-21-17(25)13-8-12(22-23(13)15)14-2-1-7-26-14/h1-8H,9H2,(H,19,24)(H,21,25). The number of aromatic amines is 1. The maximum Gasteiger partial charge on any atom is 0.290 e. The fourth-order valence-corrected chi connectivity index (χ4v) is 3.31. The Hall–Kier alpha value is -2.97. The molecule has 0 aliphatic rings. The fourth-order valence-electron chi connectivity index (χ4n) is 2.50. The van der Waals surface area contributed by atoms with Gasteiger partial charge in [-0.2, -0.15) is 10.2 Å². The largest absolute Gasteiger partial charge is 0.326 e. The van der Waals surface area contributed by atoms with Crippen molar-refractivity contribution in [2.45, 2.75) is 6.42 Å². The van der Waals surface area contributed by atoms with Crippen molar-refractivity contribution in [1.82, 2.24) is 19.8 Å². The summed E-state index contributed by atoms with van der Waals surface area (Å²) in [6, 6.07) is 12.3. The Labute approximate surface area is 156 Å². The van der Waals surface area contributed by atoms with Crippen molar-refractivity contribution < 1.29 is 4.79 Å². The first kappa shape index (κ1) is 16.5. The van der Waals surface area contributed by atoms with Gasteiger partial charge in [0.1, 0.15) is 11.2 Å².